The van der Waals surface area contributed by atoms with Gasteiger partial charge in [-0.3, -0.25) is 4.90 Å². The van der Waals surface area contributed by atoms with Crippen molar-refractivity contribution in [3.8, 4) is 6.07 Å². The van der Waals surface area contributed by atoms with Gasteiger partial charge in [-0.05, 0) is 18.8 Å². The molecule has 0 radical (unpaired) electrons. The Morgan fingerprint density at radius 1 is 1.21 bits per heavy atom. The van der Waals surface area contributed by atoms with Crippen molar-refractivity contribution in [3.05, 3.63) is 0 Å². The minimum atomic E-state index is 0.148. The van der Waals surface area contributed by atoms with Crippen molar-refractivity contribution in [1.29, 1.82) is 5.26 Å². The Hall–Kier alpha value is -0.590. The molecule has 0 bridgehead atoms. The van der Waals surface area contributed by atoms with Crippen LogP contribution in [0.1, 0.15) is 32.1 Å². The maximum atomic E-state index is 9.17. The fourth-order valence-corrected chi connectivity index (χ4v) is 2.71. The summed E-state index contributed by atoms with van der Waals surface area (Å²) in [7, 11) is 0. The zero-order chi connectivity index (χ0) is 9.97. The van der Waals surface area contributed by atoms with Crippen molar-refractivity contribution in [2.45, 2.75) is 44.2 Å². The topological polar surface area (TPSA) is 53.0 Å². The van der Waals surface area contributed by atoms with Crippen molar-refractivity contribution >= 4 is 0 Å². The third-order valence-electron chi connectivity index (χ3n) is 3.56. The molecule has 2 fully saturated rings. The Labute approximate surface area is 85.9 Å². The summed E-state index contributed by atoms with van der Waals surface area (Å²) in [4.78, 5) is 2.25. The van der Waals surface area contributed by atoms with Gasteiger partial charge in [0, 0.05) is 19.1 Å². The molecular weight excluding hydrogens is 174 g/mol. The summed E-state index contributed by atoms with van der Waals surface area (Å²) >= 11 is 0. The minimum absolute atomic E-state index is 0.148. The molecule has 0 aromatic heterocycles. The molecule has 0 aromatic rings. The van der Waals surface area contributed by atoms with Crippen molar-refractivity contribution in [3.63, 3.8) is 0 Å². The van der Waals surface area contributed by atoms with E-state index in [1.54, 1.807) is 0 Å². The summed E-state index contributed by atoms with van der Waals surface area (Å²) in [5.74, 6) is 0.612. The smallest absolute Gasteiger partial charge is 0.101 e. The van der Waals surface area contributed by atoms with Crippen LogP contribution < -0.4 is 5.73 Å². The Balaban J connectivity index is 1.89. The second-order valence-corrected chi connectivity index (χ2v) is 4.69. The molecule has 0 amide bonds. The summed E-state index contributed by atoms with van der Waals surface area (Å²) in [5, 5.41) is 9.17. The average molecular weight is 193 g/mol. The molecule has 1 aliphatic carbocycles. The van der Waals surface area contributed by atoms with Gasteiger partial charge in [-0.25, -0.2) is 0 Å². The zero-order valence-electron chi connectivity index (χ0n) is 8.65. The monoisotopic (exact) mass is 193 g/mol. The van der Waals surface area contributed by atoms with Crippen LogP contribution in [0.2, 0.25) is 0 Å². The first kappa shape index (κ1) is 9.95. The number of nitrogens with two attached hydrogens (primary N) is 1. The van der Waals surface area contributed by atoms with Crippen LogP contribution in [0.15, 0.2) is 0 Å². The van der Waals surface area contributed by atoms with E-state index in [1.807, 2.05) is 0 Å². The molecule has 1 aliphatic heterocycles. The van der Waals surface area contributed by atoms with E-state index in [4.69, 9.17) is 11.0 Å². The molecule has 1 atom stereocenters. The molecule has 78 valence electrons. The van der Waals surface area contributed by atoms with Crippen molar-refractivity contribution < 1.29 is 0 Å². The standard InChI is InChI=1S/C11H19N3/c12-6-11(14-7-10(13)8-14)9-4-2-1-3-5-9/h9-11H,1-5,7-8,13H2/t11-/m1/s1. The first-order valence-corrected chi connectivity index (χ1v) is 5.70. The second-order valence-electron chi connectivity index (χ2n) is 4.69. The van der Waals surface area contributed by atoms with Gasteiger partial charge in [0.05, 0.1) is 6.07 Å². The maximum absolute atomic E-state index is 9.17. The highest BCUT2D eigenvalue weighted by Gasteiger charge is 2.35. The van der Waals surface area contributed by atoms with Gasteiger partial charge in [0.15, 0.2) is 0 Å². The number of rotatable bonds is 2. The molecule has 3 nitrogen and oxygen atoms in total. The Bertz CT molecular complexity index is 221. The van der Waals surface area contributed by atoms with Crippen LogP contribution in [-0.2, 0) is 0 Å². The highest BCUT2D eigenvalue weighted by Crippen LogP contribution is 2.30. The van der Waals surface area contributed by atoms with Crippen LogP contribution in [0.4, 0.5) is 0 Å². The van der Waals surface area contributed by atoms with Gasteiger partial charge in [0.2, 0.25) is 0 Å². The molecule has 2 N–H and O–H groups in total. The van der Waals surface area contributed by atoms with E-state index in [-0.39, 0.29) is 6.04 Å². The van der Waals surface area contributed by atoms with E-state index in [0.717, 1.165) is 13.1 Å². The molecule has 2 aliphatic rings. The maximum Gasteiger partial charge on any atom is 0.101 e. The summed E-state index contributed by atoms with van der Waals surface area (Å²) in [6.07, 6.45) is 6.45. The molecule has 14 heavy (non-hydrogen) atoms. The van der Waals surface area contributed by atoms with E-state index < -0.39 is 0 Å². The van der Waals surface area contributed by atoms with E-state index in [1.165, 1.54) is 32.1 Å². The fraction of sp³-hybridized carbons (Fsp3) is 0.909. The normalized spacial score (nSPS) is 28.0. The Morgan fingerprint density at radius 2 is 1.86 bits per heavy atom. The summed E-state index contributed by atoms with van der Waals surface area (Å²) in [6, 6.07) is 2.93. The highest BCUT2D eigenvalue weighted by molar-refractivity contribution is 5.02. The fourth-order valence-electron chi connectivity index (χ4n) is 2.71. The quantitative estimate of drug-likeness (QED) is 0.714. The predicted molar refractivity (Wildman–Crippen MR) is 55.5 cm³/mol. The summed E-state index contributed by atoms with van der Waals surface area (Å²) in [6.45, 7) is 1.85. The van der Waals surface area contributed by atoms with E-state index in [9.17, 15) is 0 Å². The van der Waals surface area contributed by atoms with Crippen LogP contribution in [0.3, 0.4) is 0 Å². The lowest BCUT2D eigenvalue weighted by atomic mass is 9.82. The van der Waals surface area contributed by atoms with Gasteiger partial charge in [0.25, 0.3) is 0 Å². The molecule has 1 heterocycles. The molecule has 0 unspecified atom stereocenters. The Kier molecular flexibility index (Phi) is 3.05. The second kappa shape index (κ2) is 4.29. The number of likely N-dealkylation sites (tertiary alicyclic amines) is 1. The van der Waals surface area contributed by atoms with Gasteiger partial charge in [-0.2, -0.15) is 5.26 Å². The Morgan fingerprint density at radius 3 is 2.36 bits per heavy atom. The van der Waals surface area contributed by atoms with Crippen LogP contribution in [0.5, 0.6) is 0 Å². The van der Waals surface area contributed by atoms with Crippen molar-refractivity contribution in [1.82, 2.24) is 4.90 Å². The molecular formula is C11H19N3. The summed E-state index contributed by atoms with van der Waals surface area (Å²) < 4.78 is 0. The molecule has 0 aromatic carbocycles. The first-order chi connectivity index (χ1) is 6.81. The number of hydrogen-bond acceptors (Lipinski definition) is 3. The van der Waals surface area contributed by atoms with Crippen molar-refractivity contribution in [2.24, 2.45) is 11.7 Å². The lowest BCUT2D eigenvalue weighted by molar-refractivity contribution is 0.0762. The van der Waals surface area contributed by atoms with Crippen LogP contribution >= 0.6 is 0 Å². The summed E-state index contributed by atoms with van der Waals surface area (Å²) in [5.41, 5.74) is 5.74. The van der Waals surface area contributed by atoms with Gasteiger partial charge >= 0.3 is 0 Å². The van der Waals surface area contributed by atoms with Crippen LogP contribution in [0.25, 0.3) is 0 Å². The van der Waals surface area contributed by atoms with E-state index in [0.29, 0.717) is 12.0 Å². The lowest BCUT2D eigenvalue weighted by Gasteiger charge is -2.43. The minimum Gasteiger partial charge on any atom is -0.325 e. The number of hydrogen-bond donors (Lipinski definition) is 1. The zero-order valence-corrected chi connectivity index (χ0v) is 8.65. The molecule has 1 saturated heterocycles. The van der Waals surface area contributed by atoms with Crippen LogP contribution in [0, 0.1) is 17.2 Å². The largest absolute Gasteiger partial charge is 0.325 e. The molecule has 2 rings (SSSR count). The van der Waals surface area contributed by atoms with Gasteiger partial charge in [-0.15, -0.1) is 0 Å². The van der Waals surface area contributed by atoms with E-state index >= 15 is 0 Å². The molecule has 1 saturated carbocycles. The third-order valence-corrected chi connectivity index (χ3v) is 3.56. The van der Waals surface area contributed by atoms with Gasteiger partial charge in [-0.1, -0.05) is 19.3 Å². The predicted octanol–water partition coefficient (Wildman–Crippen LogP) is 1.10. The first-order valence-electron chi connectivity index (χ1n) is 5.70. The average Bonchev–Trinajstić information content (AvgIpc) is 2.18. The number of nitrogens with zero attached hydrogens (tertiary/aromatic N) is 2. The number of nitriles is 1. The SMILES string of the molecule is N#C[C@H](C1CCCCC1)N1CC(N)C1. The molecule has 0 spiro atoms. The third kappa shape index (κ3) is 1.92. The molecule has 3 heteroatoms. The van der Waals surface area contributed by atoms with Gasteiger partial charge in [0.1, 0.15) is 6.04 Å². The van der Waals surface area contributed by atoms with Crippen LogP contribution in [-0.4, -0.2) is 30.1 Å². The lowest BCUT2D eigenvalue weighted by Crippen LogP contribution is -2.60. The highest BCUT2D eigenvalue weighted by atomic mass is 15.2. The van der Waals surface area contributed by atoms with Crippen molar-refractivity contribution in [2.75, 3.05) is 13.1 Å². The van der Waals surface area contributed by atoms with Gasteiger partial charge < -0.3 is 5.73 Å². The van der Waals surface area contributed by atoms with E-state index in [2.05, 4.69) is 11.0 Å².